The van der Waals surface area contributed by atoms with E-state index < -0.39 is 5.92 Å². The zero-order valence-electron chi connectivity index (χ0n) is 17.2. The molecule has 0 aliphatic rings. The highest BCUT2D eigenvalue weighted by atomic mass is 19.3. The van der Waals surface area contributed by atoms with Crippen LogP contribution in [0.4, 0.5) is 8.78 Å². The molecule has 28 heavy (non-hydrogen) atoms. The lowest BCUT2D eigenvalue weighted by Crippen LogP contribution is -2.19. The first-order valence-electron chi connectivity index (χ1n) is 9.67. The summed E-state index contributed by atoms with van der Waals surface area (Å²) in [5, 5.41) is 7.20. The lowest BCUT2D eigenvalue weighted by atomic mass is 10.0. The van der Waals surface area contributed by atoms with Crippen LogP contribution in [0.2, 0.25) is 0 Å². The van der Waals surface area contributed by atoms with E-state index in [-0.39, 0.29) is 6.42 Å². The van der Waals surface area contributed by atoms with Gasteiger partial charge in [-0.1, -0.05) is 13.3 Å². The van der Waals surface area contributed by atoms with Crippen LogP contribution >= 0.6 is 0 Å². The summed E-state index contributed by atoms with van der Waals surface area (Å²) in [6, 6.07) is 5.31. The number of rotatable bonds is 12. The van der Waals surface area contributed by atoms with Gasteiger partial charge in [0, 0.05) is 31.2 Å². The molecule has 0 unspecified atom stereocenters. The van der Waals surface area contributed by atoms with Gasteiger partial charge in [0.1, 0.15) is 12.4 Å². The van der Waals surface area contributed by atoms with Crippen LogP contribution in [0.1, 0.15) is 37.8 Å². The number of nitrogens with one attached hydrogen (secondary N) is 1. The molecule has 0 aliphatic carbocycles. The number of halogens is 2. The van der Waals surface area contributed by atoms with E-state index in [2.05, 4.69) is 29.1 Å². The largest absolute Gasteiger partial charge is 0.491 e. The fraction of sp³-hybridized carbons (Fsp3) is 0.571. The highest BCUT2D eigenvalue weighted by Gasteiger charge is 2.23. The van der Waals surface area contributed by atoms with Crippen LogP contribution in [-0.2, 0) is 17.7 Å². The van der Waals surface area contributed by atoms with Gasteiger partial charge in [0.2, 0.25) is 5.92 Å². The molecule has 0 bridgehead atoms. The van der Waals surface area contributed by atoms with Crippen LogP contribution < -0.4 is 4.74 Å². The van der Waals surface area contributed by atoms with Gasteiger partial charge in [0.25, 0.3) is 0 Å². The van der Waals surface area contributed by atoms with E-state index in [4.69, 9.17) is 9.47 Å². The molecule has 1 aromatic heterocycles. The summed E-state index contributed by atoms with van der Waals surface area (Å²) >= 11 is 0. The minimum Gasteiger partial charge on any atom is -0.491 e. The Morgan fingerprint density at radius 3 is 2.68 bits per heavy atom. The van der Waals surface area contributed by atoms with E-state index in [1.165, 1.54) is 0 Å². The normalized spacial score (nSPS) is 12.0. The van der Waals surface area contributed by atoms with Gasteiger partial charge in [-0.15, -0.1) is 0 Å². The van der Waals surface area contributed by atoms with Crippen molar-refractivity contribution in [2.45, 2.75) is 45.6 Å². The standard InChI is InChI=1S/C21H31F2N3O2/c1-5-6-7-26(3)15-18-14-24-25-20(18)17-10-16(13-21(2,22)23)11-19(12-17)28-9-8-27-4/h10-12,14H,5-9,13,15H2,1-4H3,(H,24,25). The summed E-state index contributed by atoms with van der Waals surface area (Å²) in [6.07, 6.45) is 3.71. The van der Waals surface area contributed by atoms with Crippen molar-refractivity contribution in [2.24, 2.45) is 0 Å². The Kier molecular flexibility index (Phi) is 8.38. The average molecular weight is 395 g/mol. The number of ether oxygens (including phenoxy) is 2. The van der Waals surface area contributed by atoms with Gasteiger partial charge in [-0.2, -0.15) is 5.10 Å². The van der Waals surface area contributed by atoms with Crippen LogP contribution in [0.25, 0.3) is 11.3 Å². The van der Waals surface area contributed by atoms with Crippen LogP contribution in [0.15, 0.2) is 24.4 Å². The van der Waals surface area contributed by atoms with Crippen LogP contribution in [-0.4, -0.2) is 54.9 Å². The van der Waals surface area contributed by atoms with Gasteiger partial charge < -0.3 is 14.4 Å². The number of hydrogen-bond donors (Lipinski definition) is 1. The van der Waals surface area contributed by atoms with Crippen molar-refractivity contribution in [2.75, 3.05) is 33.9 Å². The Hall–Kier alpha value is -1.99. The number of methoxy groups -OCH3 is 1. The van der Waals surface area contributed by atoms with Gasteiger partial charge >= 0.3 is 0 Å². The third-order valence-electron chi connectivity index (χ3n) is 4.38. The predicted octanol–water partition coefficient (Wildman–Crippen LogP) is 4.53. The SMILES string of the molecule is CCCCN(C)Cc1cn[nH]c1-c1cc(CC(C)(F)F)cc(OCCOC)c1. The number of hydrogen-bond acceptors (Lipinski definition) is 4. The third-order valence-corrected chi connectivity index (χ3v) is 4.38. The number of aromatic nitrogens is 2. The molecule has 1 N–H and O–H groups in total. The van der Waals surface area contributed by atoms with E-state index in [9.17, 15) is 8.78 Å². The molecular formula is C21H31F2N3O2. The maximum atomic E-state index is 13.6. The molecule has 2 aromatic rings. The van der Waals surface area contributed by atoms with Crippen LogP contribution in [0.5, 0.6) is 5.75 Å². The number of H-pyrrole nitrogens is 1. The number of unbranched alkanes of at least 4 members (excludes halogenated alkanes) is 1. The summed E-state index contributed by atoms with van der Waals surface area (Å²) in [6.45, 7) is 5.61. The molecule has 0 amide bonds. The summed E-state index contributed by atoms with van der Waals surface area (Å²) in [5.74, 6) is -2.24. The maximum Gasteiger partial charge on any atom is 0.249 e. The van der Waals surface area contributed by atoms with Gasteiger partial charge in [-0.25, -0.2) is 8.78 Å². The highest BCUT2D eigenvalue weighted by molar-refractivity contribution is 5.65. The Bertz CT molecular complexity index is 729. The molecule has 0 aliphatic heterocycles. The summed E-state index contributed by atoms with van der Waals surface area (Å²) in [7, 11) is 3.66. The second-order valence-electron chi connectivity index (χ2n) is 7.32. The van der Waals surface area contributed by atoms with Crippen molar-refractivity contribution in [1.82, 2.24) is 15.1 Å². The molecular weight excluding hydrogens is 364 g/mol. The smallest absolute Gasteiger partial charge is 0.249 e. The summed E-state index contributed by atoms with van der Waals surface area (Å²) in [5.41, 5.74) is 3.19. The Morgan fingerprint density at radius 2 is 2.00 bits per heavy atom. The molecule has 156 valence electrons. The summed E-state index contributed by atoms with van der Waals surface area (Å²) in [4.78, 5) is 2.23. The third kappa shape index (κ3) is 7.20. The van der Waals surface area contributed by atoms with E-state index in [1.54, 1.807) is 25.4 Å². The molecule has 1 aromatic carbocycles. The zero-order chi connectivity index (χ0) is 20.6. The highest BCUT2D eigenvalue weighted by Crippen LogP contribution is 2.30. The van der Waals surface area contributed by atoms with E-state index in [0.29, 0.717) is 24.5 Å². The second kappa shape index (κ2) is 10.5. The lowest BCUT2D eigenvalue weighted by Gasteiger charge is -2.17. The molecule has 0 fully saturated rings. The molecule has 0 atom stereocenters. The quantitative estimate of drug-likeness (QED) is 0.537. The van der Waals surface area contributed by atoms with Crippen molar-refractivity contribution in [3.05, 3.63) is 35.5 Å². The van der Waals surface area contributed by atoms with Crippen LogP contribution in [0, 0.1) is 0 Å². The fourth-order valence-corrected chi connectivity index (χ4v) is 3.07. The van der Waals surface area contributed by atoms with E-state index in [1.807, 2.05) is 6.07 Å². The molecule has 5 nitrogen and oxygen atoms in total. The van der Waals surface area contributed by atoms with Crippen molar-refractivity contribution in [3.63, 3.8) is 0 Å². The zero-order valence-corrected chi connectivity index (χ0v) is 17.2. The van der Waals surface area contributed by atoms with Gasteiger partial charge in [0.05, 0.1) is 18.5 Å². The average Bonchev–Trinajstić information content (AvgIpc) is 3.06. The topological polar surface area (TPSA) is 50.4 Å². The molecule has 0 saturated carbocycles. The number of nitrogens with zero attached hydrogens (tertiary/aromatic N) is 2. The summed E-state index contributed by atoms with van der Waals surface area (Å²) < 4.78 is 37.9. The Labute approximate surface area is 166 Å². The molecule has 7 heteroatoms. The maximum absolute atomic E-state index is 13.6. The second-order valence-corrected chi connectivity index (χ2v) is 7.32. The lowest BCUT2D eigenvalue weighted by molar-refractivity contribution is 0.0226. The Balaban J connectivity index is 2.29. The number of benzene rings is 1. The molecule has 2 rings (SSSR count). The predicted molar refractivity (Wildman–Crippen MR) is 107 cm³/mol. The first-order chi connectivity index (χ1) is 13.3. The van der Waals surface area contributed by atoms with Gasteiger partial charge in [0.15, 0.2) is 0 Å². The molecule has 0 spiro atoms. The van der Waals surface area contributed by atoms with Gasteiger partial charge in [-0.05, 0) is 50.7 Å². The van der Waals surface area contributed by atoms with Crippen molar-refractivity contribution < 1.29 is 18.3 Å². The minimum atomic E-state index is -2.79. The van der Waals surface area contributed by atoms with E-state index >= 15 is 0 Å². The molecule has 0 radical (unpaired) electrons. The number of alkyl halides is 2. The minimum absolute atomic E-state index is 0.346. The monoisotopic (exact) mass is 395 g/mol. The van der Waals surface area contributed by atoms with Crippen molar-refractivity contribution in [1.29, 1.82) is 0 Å². The molecule has 0 saturated heterocycles. The molecule has 1 heterocycles. The van der Waals surface area contributed by atoms with Crippen molar-refractivity contribution in [3.8, 4) is 17.0 Å². The van der Waals surface area contributed by atoms with Crippen molar-refractivity contribution >= 4 is 0 Å². The fourth-order valence-electron chi connectivity index (χ4n) is 3.07. The van der Waals surface area contributed by atoms with Crippen LogP contribution in [0.3, 0.4) is 0 Å². The first-order valence-corrected chi connectivity index (χ1v) is 9.67. The van der Waals surface area contributed by atoms with E-state index in [0.717, 1.165) is 49.7 Å². The van der Waals surface area contributed by atoms with Gasteiger partial charge in [-0.3, -0.25) is 5.10 Å². The Morgan fingerprint density at radius 1 is 1.21 bits per heavy atom. The first kappa shape index (κ1) is 22.3. The number of aromatic amines is 1.